The summed E-state index contributed by atoms with van der Waals surface area (Å²) in [4.78, 5) is 8.62. The standard InChI is InChI=1S/C23H28F3N5/c1-14-4-6-17(7-5-14)20-11-19(18-8-9-27-15(2)10-18)21-13-28-22(30-31(20)21)29-16(3)12-23(24,25)26/h8-11,13-14,16-17H,4-7,12H2,1-3H3,(H,29,30)/t14?,16-,17?/m0/s1. The largest absolute Gasteiger partial charge is 0.391 e. The SMILES string of the molecule is Cc1cc(-c2cc(C3CCC(C)CC3)n3nc(N[C@@H](C)CC(F)(F)F)ncc23)ccn1. The first-order valence-corrected chi connectivity index (χ1v) is 10.8. The first-order valence-electron chi connectivity index (χ1n) is 10.8. The molecule has 0 bridgehead atoms. The van der Waals surface area contributed by atoms with Gasteiger partial charge in [0.15, 0.2) is 0 Å². The van der Waals surface area contributed by atoms with Gasteiger partial charge in [0, 0.05) is 35.1 Å². The summed E-state index contributed by atoms with van der Waals surface area (Å²) in [5.74, 6) is 1.30. The normalized spacial score (nSPS) is 20.7. The Labute approximate surface area is 180 Å². The van der Waals surface area contributed by atoms with Crippen molar-refractivity contribution in [3.63, 3.8) is 0 Å². The quantitative estimate of drug-likeness (QED) is 0.527. The minimum Gasteiger partial charge on any atom is -0.350 e. The fraction of sp³-hybridized carbons (Fsp3) is 0.522. The van der Waals surface area contributed by atoms with Crippen LogP contribution in [0.25, 0.3) is 16.6 Å². The molecule has 0 amide bonds. The highest BCUT2D eigenvalue weighted by Crippen LogP contribution is 2.39. The number of pyridine rings is 1. The fourth-order valence-electron chi connectivity index (χ4n) is 4.49. The number of alkyl halides is 3. The van der Waals surface area contributed by atoms with Crippen LogP contribution in [0.3, 0.4) is 0 Å². The molecule has 1 N–H and O–H groups in total. The number of aromatic nitrogens is 4. The van der Waals surface area contributed by atoms with Crippen LogP contribution in [0.2, 0.25) is 0 Å². The van der Waals surface area contributed by atoms with E-state index in [-0.39, 0.29) is 5.95 Å². The molecular formula is C23H28F3N5. The van der Waals surface area contributed by atoms with E-state index in [1.165, 1.54) is 19.8 Å². The lowest BCUT2D eigenvalue weighted by molar-refractivity contribution is -0.136. The molecule has 1 saturated carbocycles. The van der Waals surface area contributed by atoms with Gasteiger partial charge in [-0.2, -0.15) is 13.2 Å². The van der Waals surface area contributed by atoms with E-state index in [2.05, 4.69) is 33.4 Å². The highest BCUT2D eigenvalue weighted by Gasteiger charge is 2.30. The zero-order chi connectivity index (χ0) is 22.2. The molecule has 8 heteroatoms. The van der Waals surface area contributed by atoms with Crippen LogP contribution in [0.15, 0.2) is 30.6 Å². The summed E-state index contributed by atoms with van der Waals surface area (Å²) in [5.41, 5.74) is 4.93. The number of nitrogens with one attached hydrogen (secondary N) is 1. The number of hydrogen-bond acceptors (Lipinski definition) is 4. The van der Waals surface area contributed by atoms with Crippen LogP contribution in [0.5, 0.6) is 0 Å². The maximum atomic E-state index is 12.7. The number of anilines is 1. The van der Waals surface area contributed by atoms with Crippen LogP contribution >= 0.6 is 0 Å². The summed E-state index contributed by atoms with van der Waals surface area (Å²) >= 11 is 0. The summed E-state index contributed by atoms with van der Waals surface area (Å²) < 4.78 is 40.1. The minimum absolute atomic E-state index is 0.211. The zero-order valence-corrected chi connectivity index (χ0v) is 18.1. The van der Waals surface area contributed by atoms with E-state index in [1.54, 1.807) is 12.4 Å². The van der Waals surface area contributed by atoms with E-state index in [4.69, 9.17) is 0 Å². The van der Waals surface area contributed by atoms with E-state index in [0.717, 1.165) is 46.8 Å². The molecule has 1 aliphatic rings. The molecule has 166 valence electrons. The number of halogens is 3. The molecule has 0 aromatic carbocycles. The first-order chi connectivity index (χ1) is 14.7. The van der Waals surface area contributed by atoms with E-state index >= 15 is 0 Å². The van der Waals surface area contributed by atoms with Gasteiger partial charge >= 0.3 is 6.18 Å². The number of rotatable bonds is 5. The van der Waals surface area contributed by atoms with Crippen LogP contribution in [0.4, 0.5) is 19.1 Å². The molecule has 0 unspecified atom stereocenters. The Morgan fingerprint density at radius 1 is 1.16 bits per heavy atom. The molecule has 5 nitrogen and oxygen atoms in total. The molecule has 4 rings (SSSR count). The number of fused-ring (bicyclic) bond motifs is 1. The molecule has 31 heavy (non-hydrogen) atoms. The molecule has 3 aromatic rings. The van der Waals surface area contributed by atoms with Crippen LogP contribution in [0, 0.1) is 12.8 Å². The van der Waals surface area contributed by atoms with E-state index < -0.39 is 18.6 Å². The predicted molar refractivity (Wildman–Crippen MR) is 115 cm³/mol. The first kappa shape index (κ1) is 21.6. The summed E-state index contributed by atoms with van der Waals surface area (Å²) in [5, 5.41) is 7.43. The molecule has 1 atom stereocenters. The lowest BCUT2D eigenvalue weighted by Crippen LogP contribution is -2.25. The van der Waals surface area contributed by atoms with Gasteiger partial charge < -0.3 is 5.32 Å². The second-order valence-corrected chi connectivity index (χ2v) is 8.87. The van der Waals surface area contributed by atoms with Crippen molar-refractivity contribution >= 4 is 11.5 Å². The van der Waals surface area contributed by atoms with Gasteiger partial charge in [0.05, 0.1) is 18.1 Å². The van der Waals surface area contributed by atoms with Gasteiger partial charge in [-0.1, -0.05) is 19.8 Å². The molecule has 0 spiro atoms. The van der Waals surface area contributed by atoms with Crippen LogP contribution in [0.1, 0.15) is 63.3 Å². The van der Waals surface area contributed by atoms with E-state index in [9.17, 15) is 13.2 Å². The summed E-state index contributed by atoms with van der Waals surface area (Å²) in [6.07, 6.45) is 2.82. The Kier molecular flexibility index (Phi) is 5.90. The number of aryl methyl sites for hydroxylation is 1. The third kappa shape index (κ3) is 4.99. The van der Waals surface area contributed by atoms with Crippen LogP contribution < -0.4 is 5.32 Å². The van der Waals surface area contributed by atoms with Gasteiger partial charge in [0.25, 0.3) is 0 Å². The van der Waals surface area contributed by atoms with Crippen molar-refractivity contribution < 1.29 is 13.2 Å². The lowest BCUT2D eigenvalue weighted by atomic mass is 9.81. The summed E-state index contributed by atoms with van der Waals surface area (Å²) in [7, 11) is 0. The maximum absolute atomic E-state index is 12.7. The highest BCUT2D eigenvalue weighted by atomic mass is 19.4. The van der Waals surface area contributed by atoms with Gasteiger partial charge in [-0.3, -0.25) is 4.98 Å². The molecular weight excluding hydrogens is 403 g/mol. The van der Waals surface area contributed by atoms with Gasteiger partial charge in [0.1, 0.15) is 0 Å². The molecule has 3 aromatic heterocycles. The van der Waals surface area contributed by atoms with Crippen LogP contribution in [-0.2, 0) is 0 Å². The maximum Gasteiger partial charge on any atom is 0.391 e. The monoisotopic (exact) mass is 431 g/mol. The molecule has 1 aliphatic carbocycles. The minimum atomic E-state index is -4.24. The Morgan fingerprint density at radius 3 is 2.58 bits per heavy atom. The van der Waals surface area contributed by atoms with Crippen LogP contribution in [-0.4, -0.2) is 31.8 Å². The Bertz CT molecular complexity index is 1050. The van der Waals surface area contributed by atoms with Crippen molar-refractivity contribution in [2.45, 2.75) is 71.0 Å². The molecule has 0 saturated heterocycles. The Hall–Kier alpha value is -2.64. The molecule has 3 heterocycles. The number of nitrogens with zero attached hydrogens (tertiary/aromatic N) is 4. The Morgan fingerprint density at radius 2 is 1.90 bits per heavy atom. The topological polar surface area (TPSA) is 55.1 Å². The third-order valence-corrected chi connectivity index (χ3v) is 6.10. The summed E-state index contributed by atoms with van der Waals surface area (Å²) in [6, 6.07) is 5.35. The molecule has 0 aliphatic heterocycles. The zero-order valence-electron chi connectivity index (χ0n) is 18.1. The smallest absolute Gasteiger partial charge is 0.350 e. The average molecular weight is 432 g/mol. The second-order valence-electron chi connectivity index (χ2n) is 8.87. The molecule has 1 fully saturated rings. The lowest BCUT2D eigenvalue weighted by Gasteiger charge is -2.25. The van der Waals surface area contributed by atoms with E-state index in [1.807, 2.05) is 23.6 Å². The number of hydrogen-bond donors (Lipinski definition) is 1. The fourth-order valence-corrected chi connectivity index (χ4v) is 4.49. The average Bonchev–Trinajstić information content (AvgIpc) is 3.06. The van der Waals surface area contributed by atoms with Crippen molar-refractivity contribution in [3.05, 3.63) is 42.0 Å². The van der Waals surface area contributed by atoms with Crippen molar-refractivity contribution in [1.82, 2.24) is 19.6 Å². The van der Waals surface area contributed by atoms with E-state index in [0.29, 0.717) is 5.92 Å². The van der Waals surface area contributed by atoms with Crippen molar-refractivity contribution in [2.24, 2.45) is 5.92 Å². The molecule has 0 radical (unpaired) electrons. The summed E-state index contributed by atoms with van der Waals surface area (Å²) in [6.45, 7) is 5.72. The Balaban J connectivity index is 1.74. The highest BCUT2D eigenvalue weighted by molar-refractivity contribution is 5.81. The van der Waals surface area contributed by atoms with Crippen molar-refractivity contribution in [1.29, 1.82) is 0 Å². The predicted octanol–water partition coefficient (Wildman–Crippen LogP) is 6.15. The van der Waals surface area contributed by atoms with Gasteiger partial charge in [0.2, 0.25) is 5.95 Å². The van der Waals surface area contributed by atoms with Gasteiger partial charge in [-0.25, -0.2) is 9.50 Å². The third-order valence-electron chi connectivity index (χ3n) is 6.10. The van der Waals surface area contributed by atoms with Crippen molar-refractivity contribution in [2.75, 3.05) is 5.32 Å². The van der Waals surface area contributed by atoms with Gasteiger partial charge in [-0.15, -0.1) is 5.10 Å². The van der Waals surface area contributed by atoms with Crippen molar-refractivity contribution in [3.8, 4) is 11.1 Å². The second kappa shape index (κ2) is 8.48. The van der Waals surface area contributed by atoms with Gasteiger partial charge in [-0.05, 0) is 56.4 Å².